The van der Waals surface area contributed by atoms with Crippen molar-refractivity contribution in [1.82, 2.24) is 0 Å². The van der Waals surface area contributed by atoms with Crippen molar-refractivity contribution < 1.29 is 4.39 Å². The largest absolute Gasteiger partial charge is 0.244 e. The molecule has 0 N–H and O–H groups in total. The van der Waals surface area contributed by atoms with Gasteiger partial charge in [-0.2, -0.15) is 0 Å². The van der Waals surface area contributed by atoms with Crippen molar-refractivity contribution in [1.29, 1.82) is 0 Å². The summed E-state index contributed by atoms with van der Waals surface area (Å²) >= 11 is 0. The molecule has 0 unspecified atom stereocenters. The second kappa shape index (κ2) is 5.14. The Bertz CT molecular complexity index is 149. The van der Waals surface area contributed by atoms with Gasteiger partial charge >= 0.3 is 0 Å². The fourth-order valence-corrected chi connectivity index (χ4v) is 2.57. The average molecular weight is 202 g/mol. The molecule has 0 aliphatic rings. The molecule has 0 radical (unpaired) electrons. The minimum Gasteiger partial charge on any atom is -0.244 e. The highest BCUT2D eigenvalue weighted by atomic mass is 19.1. The predicted octanol–water partition coefficient (Wildman–Crippen LogP) is 4.98. The van der Waals surface area contributed by atoms with Gasteiger partial charge < -0.3 is 0 Å². The van der Waals surface area contributed by atoms with E-state index >= 15 is 0 Å². The summed E-state index contributed by atoms with van der Waals surface area (Å²) in [5, 5.41) is 0. The zero-order chi connectivity index (χ0) is 11.4. The lowest BCUT2D eigenvalue weighted by molar-refractivity contribution is 0.108. The highest BCUT2D eigenvalue weighted by molar-refractivity contribution is 4.80. The van der Waals surface area contributed by atoms with Gasteiger partial charge in [-0.3, -0.25) is 0 Å². The number of hydrogen-bond donors (Lipinski definition) is 0. The first-order valence-corrected chi connectivity index (χ1v) is 5.89. The molecule has 0 aliphatic heterocycles. The summed E-state index contributed by atoms with van der Waals surface area (Å²) in [6.07, 6.45) is 4.24. The van der Waals surface area contributed by atoms with E-state index in [1.807, 2.05) is 0 Å². The molecule has 0 nitrogen and oxygen atoms in total. The van der Waals surface area contributed by atoms with Crippen LogP contribution in [-0.2, 0) is 0 Å². The van der Waals surface area contributed by atoms with Crippen LogP contribution in [0.5, 0.6) is 0 Å². The summed E-state index contributed by atoms with van der Waals surface area (Å²) in [7, 11) is 0. The summed E-state index contributed by atoms with van der Waals surface area (Å²) < 4.78 is 13.5. The molecule has 0 aromatic rings. The first kappa shape index (κ1) is 13.9. The van der Waals surface area contributed by atoms with Crippen LogP contribution in [0.15, 0.2) is 0 Å². The Hall–Kier alpha value is -0.0700. The van der Waals surface area contributed by atoms with E-state index in [2.05, 4.69) is 27.7 Å². The van der Waals surface area contributed by atoms with Crippen molar-refractivity contribution in [3.05, 3.63) is 0 Å². The Balaban J connectivity index is 4.18. The van der Waals surface area contributed by atoms with Crippen LogP contribution >= 0.6 is 0 Å². The molecule has 1 heteroatoms. The minimum absolute atomic E-state index is 0.134. The maximum absolute atomic E-state index is 13.5. The van der Waals surface area contributed by atoms with Crippen molar-refractivity contribution in [2.24, 2.45) is 11.3 Å². The van der Waals surface area contributed by atoms with Crippen LogP contribution in [0.4, 0.5) is 4.39 Å². The van der Waals surface area contributed by atoms with Crippen LogP contribution in [0.3, 0.4) is 0 Å². The third kappa shape index (κ3) is 6.39. The molecule has 0 atom stereocenters. The van der Waals surface area contributed by atoms with Crippen LogP contribution in [0, 0.1) is 11.3 Å². The predicted molar refractivity (Wildman–Crippen MR) is 62.3 cm³/mol. The van der Waals surface area contributed by atoms with Gasteiger partial charge in [0.25, 0.3) is 0 Å². The smallest absolute Gasteiger partial charge is 0.106 e. The van der Waals surface area contributed by atoms with Gasteiger partial charge in [-0.25, -0.2) is 4.39 Å². The van der Waals surface area contributed by atoms with Crippen LogP contribution in [-0.4, -0.2) is 5.67 Å². The van der Waals surface area contributed by atoms with E-state index in [0.717, 1.165) is 12.3 Å². The zero-order valence-electron chi connectivity index (χ0n) is 10.8. The first-order valence-electron chi connectivity index (χ1n) is 5.89. The Morgan fingerprint density at radius 3 is 1.71 bits per heavy atom. The second-order valence-electron chi connectivity index (χ2n) is 5.95. The summed E-state index contributed by atoms with van der Waals surface area (Å²) in [6.45, 7) is 12.2. The molecule has 0 rings (SSSR count). The van der Waals surface area contributed by atoms with Gasteiger partial charge in [0, 0.05) is 0 Å². The molecule has 0 aromatic heterocycles. The van der Waals surface area contributed by atoms with Gasteiger partial charge in [0.1, 0.15) is 5.67 Å². The Morgan fingerprint density at radius 2 is 1.43 bits per heavy atom. The molecule has 0 spiro atoms. The van der Waals surface area contributed by atoms with Gasteiger partial charge in [0.15, 0.2) is 0 Å². The molecule has 0 heterocycles. The molecule has 0 saturated heterocycles. The van der Waals surface area contributed by atoms with E-state index in [9.17, 15) is 4.39 Å². The number of halogens is 1. The molecule has 0 aromatic carbocycles. The molecular weight excluding hydrogens is 175 g/mol. The average Bonchev–Trinajstić information content (AvgIpc) is 1.95. The molecule has 0 fully saturated rings. The standard InChI is InChI=1S/C13H27F/c1-7-11(8-2)9-12(3,4)10-13(5,6)14/h11H,7-10H2,1-6H3. The summed E-state index contributed by atoms with van der Waals surface area (Å²) in [5.74, 6) is 0.757. The van der Waals surface area contributed by atoms with Gasteiger partial charge in [-0.15, -0.1) is 0 Å². The third-order valence-corrected chi connectivity index (χ3v) is 2.89. The van der Waals surface area contributed by atoms with Gasteiger partial charge in [-0.05, 0) is 38.0 Å². The van der Waals surface area contributed by atoms with Crippen LogP contribution in [0.2, 0.25) is 0 Å². The van der Waals surface area contributed by atoms with Crippen LogP contribution < -0.4 is 0 Å². The quantitative estimate of drug-likeness (QED) is 0.570. The van der Waals surface area contributed by atoms with E-state index in [-0.39, 0.29) is 5.41 Å². The normalized spacial score (nSPS) is 13.7. The Kier molecular flexibility index (Phi) is 5.11. The van der Waals surface area contributed by atoms with Crippen molar-refractivity contribution in [2.45, 2.75) is 72.9 Å². The fraction of sp³-hybridized carbons (Fsp3) is 1.00. The third-order valence-electron chi connectivity index (χ3n) is 2.89. The van der Waals surface area contributed by atoms with Crippen LogP contribution in [0.1, 0.15) is 67.2 Å². The van der Waals surface area contributed by atoms with Gasteiger partial charge in [-0.1, -0.05) is 40.5 Å². The van der Waals surface area contributed by atoms with Crippen molar-refractivity contribution >= 4 is 0 Å². The van der Waals surface area contributed by atoms with E-state index in [1.54, 1.807) is 13.8 Å². The lowest BCUT2D eigenvalue weighted by Gasteiger charge is -2.33. The highest BCUT2D eigenvalue weighted by Gasteiger charge is 2.29. The lowest BCUT2D eigenvalue weighted by Crippen LogP contribution is -2.26. The van der Waals surface area contributed by atoms with E-state index in [1.165, 1.54) is 12.8 Å². The summed E-state index contributed by atoms with van der Waals surface area (Å²) in [5.41, 5.74) is -0.898. The maximum atomic E-state index is 13.5. The summed E-state index contributed by atoms with van der Waals surface area (Å²) in [4.78, 5) is 0. The van der Waals surface area contributed by atoms with Crippen molar-refractivity contribution in [3.8, 4) is 0 Å². The topological polar surface area (TPSA) is 0 Å². The first-order chi connectivity index (χ1) is 6.20. The zero-order valence-corrected chi connectivity index (χ0v) is 10.8. The summed E-state index contributed by atoms with van der Waals surface area (Å²) in [6, 6.07) is 0. The van der Waals surface area contributed by atoms with Crippen LogP contribution in [0.25, 0.3) is 0 Å². The molecule has 0 saturated carbocycles. The minimum atomic E-state index is -1.03. The molecule has 0 aliphatic carbocycles. The lowest BCUT2D eigenvalue weighted by atomic mass is 9.75. The van der Waals surface area contributed by atoms with E-state index in [0.29, 0.717) is 6.42 Å². The molecule has 14 heavy (non-hydrogen) atoms. The van der Waals surface area contributed by atoms with Gasteiger partial charge in [0.2, 0.25) is 0 Å². The monoisotopic (exact) mass is 202 g/mol. The molecule has 86 valence electrons. The number of hydrogen-bond acceptors (Lipinski definition) is 0. The van der Waals surface area contributed by atoms with Crippen molar-refractivity contribution in [2.75, 3.05) is 0 Å². The second-order valence-corrected chi connectivity index (χ2v) is 5.95. The SMILES string of the molecule is CCC(CC)CC(C)(C)CC(C)(C)F. The van der Waals surface area contributed by atoms with E-state index in [4.69, 9.17) is 0 Å². The number of alkyl halides is 1. The molecule has 0 bridgehead atoms. The van der Waals surface area contributed by atoms with Crippen molar-refractivity contribution in [3.63, 3.8) is 0 Å². The molecular formula is C13H27F. The van der Waals surface area contributed by atoms with E-state index < -0.39 is 5.67 Å². The molecule has 0 amide bonds. The highest BCUT2D eigenvalue weighted by Crippen LogP contribution is 2.37. The maximum Gasteiger partial charge on any atom is 0.106 e. The Labute approximate surface area is 89.3 Å². The van der Waals surface area contributed by atoms with Gasteiger partial charge in [0.05, 0.1) is 0 Å². The number of rotatable bonds is 6. The Morgan fingerprint density at radius 1 is 1.00 bits per heavy atom. The fourth-order valence-electron chi connectivity index (χ4n) is 2.57.